The number of fused-ring (bicyclic) bond motifs is 1. The summed E-state index contributed by atoms with van der Waals surface area (Å²) in [5, 5.41) is 1.14. The number of aromatic nitrogens is 1. The molecule has 0 bridgehead atoms. The van der Waals surface area contributed by atoms with Crippen LogP contribution in [0.25, 0.3) is 22.0 Å². The van der Waals surface area contributed by atoms with Crippen molar-refractivity contribution in [1.82, 2.24) is 9.88 Å². The molecule has 2 aromatic carbocycles. The minimum absolute atomic E-state index is 0.134. The van der Waals surface area contributed by atoms with Gasteiger partial charge in [0.05, 0.1) is 11.6 Å². The average molecular weight is 431 g/mol. The maximum atomic E-state index is 12.8. The molecule has 0 aliphatic carbocycles. The lowest BCUT2D eigenvalue weighted by Gasteiger charge is -2.33. The molecule has 2 saturated heterocycles. The lowest BCUT2D eigenvalue weighted by molar-refractivity contribution is -0.144. The van der Waals surface area contributed by atoms with E-state index in [0.717, 1.165) is 60.1 Å². The molecule has 5 heteroatoms. The Morgan fingerprint density at radius 2 is 1.78 bits per heavy atom. The smallest absolute Gasteiger partial charge is 0.251 e. The number of likely N-dealkylation sites (tertiary alicyclic amines) is 1. The maximum absolute atomic E-state index is 12.8. The first-order valence-electron chi connectivity index (χ1n) is 11.6. The van der Waals surface area contributed by atoms with Crippen LogP contribution in [-0.4, -0.2) is 47.2 Å². The molecule has 3 aromatic rings. The molecule has 3 atom stereocenters. The number of hydrogen-bond acceptors (Lipinski definition) is 4. The van der Waals surface area contributed by atoms with Crippen LogP contribution in [0.5, 0.6) is 5.75 Å². The molecule has 32 heavy (non-hydrogen) atoms. The molecule has 166 valence electrons. The number of rotatable bonds is 4. The van der Waals surface area contributed by atoms with E-state index in [0.29, 0.717) is 5.92 Å². The molecule has 0 N–H and O–H groups in total. The first kappa shape index (κ1) is 21.0. The highest BCUT2D eigenvalue weighted by atomic mass is 16.5. The zero-order valence-electron chi connectivity index (χ0n) is 18.7. The van der Waals surface area contributed by atoms with Crippen LogP contribution in [-0.2, 0) is 9.53 Å². The fourth-order valence-corrected chi connectivity index (χ4v) is 4.68. The van der Waals surface area contributed by atoms with Crippen molar-refractivity contribution in [2.45, 2.75) is 51.4 Å². The summed E-state index contributed by atoms with van der Waals surface area (Å²) < 4.78 is 12.1. The summed E-state index contributed by atoms with van der Waals surface area (Å²) in [5.41, 5.74) is 3.22. The normalized spacial score (nSPS) is 24.1. The molecule has 2 fully saturated rings. The standard InChI is InChI=1S/C27H30N2O3/c1-18-15-26(31-19(18)2)27(30)29-13-11-24(12-14-29)32-23-9-7-20(8-10-23)22-16-21-5-3-4-6-25(21)28-17-22/h3-10,16-19,24,26H,11-15H2,1-2H3/t18-,19-,26-/m1/s1. The fourth-order valence-electron chi connectivity index (χ4n) is 4.68. The van der Waals surface area contributed by atoms with Crippen molar-refractivity contribution < 1.29 is 14.3 Å². The largest absolute Gasteiger partial charge is 0.490 e. The number of ether oxygens (including phenoxy) is 2. The number of carbonyl (C=O) groups is 1. The number of para-hydroxylation sites is 1. The van der Waals surface area contributed by atoms with E-state index < -0.39 is 0 Å². The maximum Gasteiger partial charge on any atom is 0.251 e. The summed E-state index contributed by atoms with van der Waals surface area (Å²) in [6.45, 7) is 5.67. The van der Waals surface area contributed by atoms with Gasteiger partial charge in [-0.1, -0.05) is 37.3 Å². The predicted octanol–water partition coefficient (Wildman–Crippen LogP) is 5.09. The minimum atomic E-state index is -0.269. The van der Waals surface area contributed by atoms with Gasteiger partial charge in [-0.15, -0.1) is 0 Å². The summed E-state index contributed by atoms with van der Waals surface area (Å²) in [7, 11) is 0. The Labute approximate surface area is 189 Å². The number of hydrogen-bond donors (Lipinski definition) is 0. The second-order valence-electron chi connectivity index (χ2n) is 9.13. The molecule has 0 spiro atoms. The van der Waals surface area contributed by atoms with Crippen molar-refractivity contribution in [2.24, 2.45) is 5.92 Å². The first-order chi connectivity index (χ1) is 15.6. The summed E-state index contributed by atoms with van der Waals surface area (Å²) in [4.78, 5) is 19.3. The van der Waals surface area contributed by atoms with Crippen LogP contribution in [0.2, 0.25) is 0 Å². The minimum Gasteiger partial charge on any atom is -0.490 e. The van der Waals surface area contributed by atoms with E-state index in [-0.39, 0.29) is 24.2 Å². The van der Waals surface area contributed by atoms with Crippen molar-refractivity contribution in [3.05, 3.63) is 60.8 Å². The average Bonchev–Trinajstić information content (AvgIpc) is 3.17. The Morgan fingerprint density at radius 3 is 2.50 bits per heavy atom. The summed E-state index contributed by atoms with van der Waals surface area (Å²) in [6, 6.07) is 18.5. The van der Waals surface area contributed by atoms with Crippen LogP contribution in [0.3, 0.4) is 0 Å². The van der Waals surface area contributed by atoms with Gasteiger partial charge in [-0.05, 0) is 49.1 Å². The van der Waals surface area contributed by atoms with Crippen LogP contribution in [0.4, 0.5) is 0 Å². The molecule has 5 rings (SSSR count). The molecule has 0 unspecified atom stereocenters. The van der Waals surface area contributed by atoms with E-state index in [9.17, 15) is 4.79 Å². The van der Waals surface area contributed by atoms with Gasteiger partial charge in [0.1, 0.15) is 18.0 Å². The molecule has 2 aliphatic heterocycles. The highest BCUT2D eigenvalue weighted by Crippen LogP contribution is 2.29. The lowest BCUT2D eigenvalue weighted by Crippen LogP contribution is -2.46. The predicted molar refractivity (Wildman–Crippen MR) is 126 cm³/mol. The Hall–Kier alpha value is -2.92. The highest BCUT2D eigenvalue weighted by molar-refractivity contribution is 5.83. The fraction of sp³-hybridized carbons (Fsp3) is 0.407. The zero-order chi connectivity index (χ0) is 22.1. The molecule has 0 saturated carbocycles. The number of carbonyl (C=O) groups excluding carboxylic acids is 1. The second kappa shape index (κ2) is 8.91. The third-order valence-corrected chi connectivity index (χ3v) is 6.88. The van der Waals surface area contributed by atoms with Gasteiger partial charge < -0.3 is 14.4 Å². The Bertz CT molecular complexity index is 1080. The molecule has 1 amide bonds. The Balaban J connectivity index is 1.16. The SMILES string of the molecule is C[C@@H]1C[C@H](C(=O)N2CCC(Oc3ccc(-c4cnc5ccccc5c4)cc3)CC2)O[C@@H]1C. The summed E-state index contributed by atoms with van der Waals surface area (Å²) >= 11 is 0. The van der Waals surface area contributed by atoms with Crippen LogP contribution < -0.4 is 4.74 Å². The van der Waals surface area contributed by atoms with Gasteiger partial charge in [0, 0.05) is 43.1 Å². The van der Waals surface area contributed by atoms with Crippen molar-refractivity contribution in [2.75, 3.05) is 13.1 Å². The highest BCUT2D eigenvalue weighted by Gasteiger charge is 2.37. The van der Waals surface area contributed by atoms with Gasteiger partial charge in [0.25, 0.3) is 5.91 Å². The first-order valence-corrected chi connectivity index (χ1v) is 11.6. The van der Waals surface area contributed by atoms with E-state index in [1.54, 1.807) is 0 Å². The Morgan fingerprint density at radius 1 is 1.03 bits per heavy atom. The van der Waals surface area contributed by atoms with Crippen molar-refractivity contribution in [3.63, 3.8) is 0 Å². The number of piperidine rings is 1. The van der Waals surface area contributed by atoms with E-state index >= 15 is 0 Å². The molecule has 2 aliphatic rings. The molecular weight excluding hydrogens is 400 g/mol. The van der Waals surface area contributed by atoms with E-state index in [4.69, 9.17) is 9.47 Å². The Kier molecular flexibility index (Phi) is 5.83. The van der Waals surface area contributed by atoms with Crippen LogP contribution >= 0.6 is 0 Å². The molecule has 0 radical (unpaired) electrons. The number of nitrogens with zero attached hydrogens (tertiary/aromatic N) is 2. The van der Waals surface area contributed by atoms with E-state index in [1.807, 2.05) is 41.4 Å². The molecule has 5 nitrogen and oxygen atoms in total. The van der Waals surface area contributed by atoms with Crippen LogP contribution in [0.15, 0.2) is 60.8 Å². The number of amides is 1. The van der Waals surface area contributed by atoms with Gasteiger partial charge >= 0.3 is 0 Å². The third-order valence-electron chi connectivity index (χ3n) is 6.88. The second-order valence-corrected chi connectivity index (χ2v) is 9.13. The lowest BCUT2D eigenvalue weighted by atomic mass is 10.0. The summed E-state index contributed by atoms with van der Waals surface area (Å²) in [6.07, 6.45) is 4.47. The number of benzene rings is 2. The third kappa shape index (κ3) is 4.35. The van der Waals surface area contributed by atoms with Crippen LogP contribution in [0, 0.1) is 5.92 Å². The van der Waals surface area contributed by atoms with Gasteiger partial charge in [-0.25, -0.2) is 0 Å². The zero-order valence-corrected chi connectivity index (χ0v) is 18.7. The van der Waals surface area contributed by atoms with E-state index in [1.165, 1.54) is 0 Å². The van der Waals surface area contributed by atoms with Gasteiger partial charge in [-0.2, -0.15) is 0 Å². The molecular formula is C27H30N2O3. The van der Waals surface area contributed by atoms with Gasteiger partial charge in [0.2, 0.25) is 0 Å². The van der Waals surface area contributed by atoms with Crippen molar-refractivity contribution >= 4 is 16.8 Å². The summed E-state index contributed by atoms with van der Waals surface area (Å²) in [5.74, 6) is 1.46. The molecule has 3 heterocycles. The van der Waals surface area contributed by atoms with Crippen molar-refractivity contribution in [3.8, 4) is 16.9 Å². The number of pyridine rings is 1. The van der Waals surface area contributed by atoms with Crippen LogP contribution in [0.1, 0.15) is 33.1 Å². The van der Waals surface area contributed by atoms with Crippen molar-refractivity contribution in [1.29, 1.82) is 0 Å². The van der Waals surface area contributed by atoms with E-state index in [2.05, 4.69) is 43.1 Å². The monoisotopic (exact) mass is 430 g/mol. The topological polar surface area (TPSA) is 51.7 Å². The van der Waals surface area contributed by atoms with Gasteiger partial charge in [0.15, 0.2) is 0 Å². The molecule has 1 aromatic heterocycles. The van der Waals surface area contributed by atoms with Gasteiger partial charge in [-0.3, -0.25) is 9.78 Å². The quantitative estimate of drug-likeness (QED) is 0.579.